The Kier molecular flexibility index (Phi) is 10.9. The van der Waals surface area contributed by atoms with Crippen LogP contribution >= 0.6 is 0 Å². The van der Waals surface area contributed by atoms with Crippen LogP contribution in [0, 0.1) is 0 Å². The minimum absolute atomic E-state index is 0.0359. The SMILES string of the molecule is CC(C)(C)[S+]([O-])N[C@H](CCCCCO[Si](C)(C)C(C)(C)C)CCC(F)(F)F. The lowest BCUT2D eigenvalue weighted by atomic mass is 10.0. The number of hydrogen-bond acceptors (Lipinski definition) is 3. The zero-order valence-corrected chi connectivity index (χ0v) is 20.2. The van der Waals surface area contributed by atoms with Crippen LogP contribution in [0.4, 0.5) is 13.2 Å². The Morgan fingerprint density at radius 1 is 0.963 bits per heavy atom. The van der Waals surface area contributed by atoms with E-state index in [1.807, 2.05) is 20.8 Å². The Morgan fingerprint density at radius 3 is 1.96 bits per heavy atom. The largest absolute Gasteiger partial charge is 0.598 e. The summed E-state index contributed by atoms with van der Waals surface area (Å²) in [7, 11) is -1.74. The van der Waals surface area contributed by atoms with Crippen molar-refractivity contribution in [1.82, 2.24) is 4.72 Å². The minimum Gasteiger partial charge on any atom is -0.598 e. The summed E-state index contributed by atoms with van der Waals surface area (Å²) in [5.41, 5.74) is 0. The molecule has 0 spiro atoms. The molecule has 1 N–H and O–H groups in total. The lowest BCUT2D eigenvalue weighted by Crippen LogP contribution is -2.45. The van der Waals surface area contributed by atoms with Gasteiger partial charge in [0, 0.05) is 24.4 Å². The molecule has 0 aliphatic rings. The summed E-state index contributed by atoms with van der Waals surface area (Å²) in [5, 5.41) is 0.177. The molecule has 8 heteroatoms. The first-order chi connectivity index (χ1) is 12.0. The summed E-state index contributed by atoms with van der Waals surface area (Å²) in [6.07, 6.45) is -1.86. The first-order valence-electron chi connectivity index (χ1n) is 9.84. The Bertz CT molecular complexity index is 421. The van der Waals surface area contributed by atoms with Gasteiger partial charge in [-0.25, -0.2) is 0 Å². The van der Waals surface area contributed by atoms with Crippen LogP contribution in [0.25, 0.3) is 0 Å². The van der Waals surface area contributed by atoms with Crippen molar-refractivity contribution in [3.05, 3.63) is 0 Å². The average Bonchev–Trinajstić information content (AvgIpc) is 2.44. The van der Waals surface area contributed by atoms with E-state index in [0.717, 1.165) is 19.3 Å². The van der Waals surface area contributed by atoms with Crippen LogP contribution in [-0.4, -0.2) is 36.4 Å². The van der Waals surface area contributed by atoms with Gasteiger partial charge in [0.1, 0.15) is 4.75 Å². The minimum atomic E-state index is -4.18. The van der Waals surface area contributed by atoms with Crippen LogP contribution in [0.1, 0.15) is 80.1 Å². The summed E-state index contributed by atoms with van der Waals surface area (Å²) in [4.78, 5) is 0. The topological polar surface area (TPSA) is 44.3 Å². The second-order valence-electron chi connectivity index (χ2n) is 9.81. The predicted molar refractivity (Wildman–Crippen MR) is 112 cm³/mol. The fourth-order valence-corrected chi connectivity index (χ4v) is 4.12. The Hall–Kier alpha value is 0.237. The van der Waals surface area contributed by atoms with Crippen LogP contribution in [0.5, 0.6) is 0 Å². The molecule has 0 rings (SSSR count). The monoisotopic (exact) mass is 431 g/mol. The van der Waals surface area contributed by atoms with Crippen molar-refractivity contribution in [2.24, 2.45) is 0 Å². The molecule has 0 aromatic heterocycles. The van der Waals surface area contributed by atoms with Crippen molar-refractivity contribution >= 4 is 19.7 Å². The first kappa shape index (κ1) is 27.2. The van der Waals surface area contributed by atoms with E-state index in [-0.39, 0.29) is 17.5 Å². The van der Waals surface area contributed by atoms with Gasteiger partial charge in [-0.1, -0.05) is 33.6 Å². The predicted octanol–water partition coefficient (Wildman–Crippen LogP) is 6.33. The maximum Gasteiger partial charge on any atom is 0.389 e. The van der Waals surface area contributed by atoms with Crippen LogP contribution in [-0.2, 0) is 15.8 Å². The molecule has 2 atom stereocenters. The van der Waals surface area contributed by atoms with Crippen molar-refractivity contribution in [3.63, 3.8) is 0 Å². The van der Waals surface area contributed by atoms with E-state index in [2.05, 4.69) is 38.6 Å². The molecule has 1 unspecified atom stereocenters. The highest BCUT2D eigenvalue weighted by Gasteiger charge is 2.37. The molecule has 0 fully saturated rings. The maximum absolute atomic E-state index is 12.6. The molecule has 164 valence electrons. The van der Waals surface area contributed by atoms with E-state index >= 15 is 0 Å². The molecule has 0 aromatic carbocycles. The number of alkyl halides is 3. The molecule has 0 amide bonds. The molecular formula is C19H40F3NO2SSi. The summed E-state index contributed by atoms with van der Waals surface area (Å²) in [5.74, 6) is 0. The average molecular weight is 432 g/mol. The summed E-state index contributed by atoms with van der Waals surface area (Å²) >= 11 is -1.36. The van der Waals surface area contributed by atoms with E-state index in [4.69, 9.17) is 4.43 Å². The highest BCUT2D eigenvalue weighted by molar-refractivity contribution is 7.90. The highest BCUT2D eigenvalue weighted by atomic mass is 32.2. The number of unbranched alkanes of at least 4 members (excludes halogenated alkanes) is 2. The molecule has 0 saturated heterocycles. The number of halogens is 3. The lowest BCUT2D eigenvalue weighted by Gasteiger charge is -2.36. The molecule has 3 nitrogen and oxygen atoms in total. The normalized spacial score (nSPS) is 16.4. The van der Waals surface area contributed by atoms with Gasteiger partial charge in [0.25, 0.3) is 0 Å². The van der Waals surface area contributed by atoms with Gasteiger partial charge in [-0.3, -0.25) is 0 Å². The number of rotatable bonds is 11. The van der Waals surface area contributed by atoms with Gasteiger partial charge in [0.15, 0.2) is 8.32 Å². The third-order valence-corrected chi connectivity index (χ3v) is 11.3. The van der Waals surface area contributed by atoms with Crippen LogP contribution in [0.3, 0.4) is 0 Å². The van der Waals surface area contributed by atoms with E-state index in [1.54, 1.807) is 0 Å². The summed E-state index contributed by atoms with van der Waals surface area (Å²) < 4.78 is 58.5. The third-order valence-electron chi connectivity index (χ3n) is 5.07. The Morgan fingerprint density at radius 2 is 1.52 bits per heavy atom. The quantitative estimate of drug-likeness (QED) is 0.236. The van der Waals surface area contributed by atoms with Crippen LogP contribution < -0.4 is 4.72 Å². The fraction of sp³-hybridized carbons (Fsp3) is 1.00. The summed E-state index contributed by atoms with van der Waals surface area (Å²) in [6.45, 7) is 17.2. The maximum atomic E-state index is 12.6. The highest BCUT2D eigenvalue weighted by Crippen LogP contribution is 2.36. The zero-order valence-electron chi connectivity index (χ0n) is 18.4. The Balaban J connectivity index is 4.36. The van der Waals surface area contributed by atoms with Crippen LogP contribution in [0.2, 0.25) is 18.1 Å². The smallest absolute Gasteiger partial charge is 0.389 e. The fourth-order valence-electron chi connectivity index (χ4n) is 2.14. The lowest BCUT2D eigenvalue weighted by molar-refractivity contribution is -0.136. The third kappa shape index (κ3) is 12.4. The van der Waals surface area contributed by atoms with E-state index in [9.17, 15) is 17.7 Å². The molecule has 0 aliphatic carbocycles. The molecule has 0 bridgehead atoms. The van der Waals surface area contributed by atoms with Gasteiger partial charge in [-0.15, -0.1) is 4.72 Å². The van der Waals surface area contributed by atoms with Crippen molar-refractivity contribution < 1.29 is 22.2 Å². The van der Waals surface area contributed by atoms with Gasteiger partial charge in [-0.2, -0.15) is 13.2 Å². The van der Waals surface area contributed by atoms with E-state index < -0.39 is 37.0 Å². The molecule has 0 saturated carbocycles. The standard InChI is InChI=1S/C19H40F3NO2SSi/c1-17(2,3)26(24)23-16(13-14-19(20,21)22)12-10-9-11-15-25-27(7,8)18(4,5)6/h16,23H,9-15H2,1-8H3/t16-,26?/m1/s1. The van der Waals surface area contributed by atoms with E-state index in [1.165, 1.54) is 0 Å². The second kappa shape index (κ2) is 10.9. The first-order valence-corrected chi connectivity index (χ1v) is 13.9. The number of nitrogens with one attached hydrogen (secondary N) is 1. The van der Waals surface area contributed by atoms with Crippen molar-refractivity contribution in [2.45, 2.75) is 115 Å². The Labute approximate surface area is 168 Å². The molecule has 0 aliphatic heterocycles. The van der Waals surface area contributed by atoms with Gasteiger partial charge >= 0.3 is 6.18 Å². The van der Waals surface area contributed by atoms with Crippen molar-refractivity contribution in [3.8, 4) is 0 Å². The molecule has 0 radical (unpaired) electrons. The molecule has 0 aromatic rings. The summed E-state index contributed by atoms with van der Waals surface area (Å²) in [6, 6.07) is -0.381. The van der Waals surface area contributed by atoms with Crippen molar-refractivity contribution in [1.29, 1.82) is 0 Å². The van der Waals surface area contributed by atoms with Crippen LogP contribution in [0.15, 0.2) is 0 Å². The zero-order chi connectivity index (χ0) is 21.5. The van der Waals surface area contributed by atoms with Gasteiger partial charge < -0.3 is 8.98 Å². The van der Waals surface area contributed by atoms with E-state index in [0.29, 0.717) is 13.0 Å². The molecule has 0 heterocycles. The van der Waals surface area contributed by atoms with Crippen molar-refractivity contribution in [2.75, 3.05) is 6.61 Å². The van der Waals surface area contributed by atoms with Gasteiger partial charge in [0.05, 0.1) is 6.04 Å². The van der Waals surface area contributed by atoms with Gasteiger partial charge in [0.2, 0.25) is 0 Å². The molecule has 27 heavy (non-hydrogen) atoms. The molecular weight excluding hydrogens is 391 g/mol. The second-order valence-corrected chi connectivity index (χ2v) is 16.6. The van der Waals surface area contributed by atoms with Gasteiger partial charge in [-0.05, 0) is 58.2 Å². The number of hydrogen-bond donors (Lipinski definition) is 1.